The highest BCUT2D eigenvalue weighted by atomic mass is 32.1. The quantitative estimate of drug-likeness (QED) is 0.0169. The smallest absolute Gasteiger partial charge is 0.326 e. The van der Waals surface area contributed by atoms with Gasteiger partial charge >= 0.3 is 5.97 Å². The molecule has 5 atom stereocenters. The molecule has 0 unspecified atom stereocenters. The van der Waals surface area contributed by atoms with E-state index in [0.29, 0.717) is 0 Å². The number of carbonyl (C=O) groups excluding carboxylic acids is 4. The number of carboxylic acids is 1. The van der Waals surface area contributed by atoms with Crippen LogP contribution in [0.4, 0.5) is 0 Å². The Balaban J connectivity index is 6.25. The van der Waals surface area contributed by atoms with E-state index in [1.165, 1.54) is 0 Å². The first-order chi connectivity index (χ1) is 24.0. The molecule has 0 radical (unpaired) electrons. The Hall–Kier alpha value is -5.26. The van der Waals surface area contributed by atoms with Crippen LogP contribution in [0, 0.1) is 0 Å². The summed E-state index contributed by atoms with van der Waals surface area (Å²) < 4.78 is 0. The fourth-order valence-corrected chi connectivity index (χ4v) is 4.42. The number of aliphatic imine (C=N–C) groups is 4. The molecule has 0 aliphatic heterocycles. The van der Waals surface area contributed by atoms with Crippen LogP contribution in [0.1, 0.15) is 51.4 Å². The Morgan fingerprint density at radius 1 is 0.490 bits per heavy atom. The van der Waals surface area contributed by atoms with Crippen LogP contribution in [0.5, 0.6) is 0 Å². The molecule has 0 bridgehead atoms. The van der Waals surface area contributed by atoms with Crippen molar-refractivity contribution in [3.05, 3.63) is 0 Å². The molecular formula is C27H55N17O6S. The predicted octanol–water partition coefficient (Wildman–Crippen LogP) is -6.52. The van der Waals surface area contributed by atoms with E-state index in [1.807, 2.05) is 0 Å². The Bertz CT molecular complexity index is 1250. The maximum Gasteiger partial charge on any atom is 0.326 e. The van der Waals surface area contributed by atoms with Crippen LogP contribution < -0.4 is 72.9 Å². The summed E-state index contributed by atoms with van der Waals surface area (Å²) in [5.41, 5.74) is 48.7. The van der Waals surface area contributed by atoms with E-state index in [9.17, 15) is 29.1 Å². The van der Waals surface area contributed by atoms with Crippen molar-refractivity contribution >= 4 is 66.1 Å². The lowest BCUT2D eigenvalue weighted by Crippen LogP contribution is -2.58. The molecule has 4 amide bonds. The van der Waals surface area contributed by atoms with Crippen molar-refractivity contribution in [2.45, 2.75) is 81.6 Å². The van der Waals surface area contributed by atoms with E-state index in [1.54, 1.807) is 0 Å². The van der Waals surface area contributed by atoms with E-state index < -0.39 is 59.8 Å². The number of guanidine groups is 4. The van der Waals surface area contributed by atoms with Gasteiger partial charge in [-0.1, -0.05) is 0 Å². The van der Waals surface area contributed by atoms with Crippen molar-refractivity contribution in [1.29, 1.82) is 0 Å². The third-order valence-corrected chi connectivity index (χ3v) is 7.22. The fraction of sp³-hybridized carbons (Fsp3) is 0.667. The highest BCUT2D eigenvalue weighted by Crippen LogP contribution is 2.08. The Morgan fingerprint density at radius 2 is 0.745 bits per heavy atom. The van der Waals surface area contributed by atoms with Gasteiger partial charge in [0.15, 0.2) is 23.8 Å². The maximum atomic E-state index is 13.7. The average molecular weight is 746 g/mol. The molecule has 0 heterocycles. The number of nitrogens with one attached hydrogen (secondary N) is 4. The number of carbonyl (C=O) groups is 5. The van der Waals surface area contributed by atoms with Crippen LogP contribution in [0.25, 0.3) is 0 Å². The number of nitrogens with zero attached hydrogens (tertiary/aromatic N) is 4. The van der Waals surface area contributed by atoms with Crippen molar-refractivity contribution in [1.82, 2.24) is 21.3 Å². The normalized spacial score (nSPS) is 13.5. The summed E-state index contributed by atoms with van der Waals surface area (Å²) in [6.07, 6.45) is 0.911. The fourth-order valence-electron chi connectivity index (χ4n) is 4.26. The molecule has 0 aromatic rings. The van der Waals surface area contributed by atoms with Gasteiger partial charge in [0.1, 0.15) is 24.2 Å². The Labute approximate surface area is 301 Å². The zero-order valence-electron chi connectivity index (χ0n) is 28.5. The molecule has 0 aromatic carbocycles. The maximum absolute atomic E-state index is 13.7. The van der Waals surface area contributed by atoms with Gasteiger partial charge in [-0.25, -0.2) is 4.79 Å². The molecule has 0 fully saturated rings. The third kappa shape index (κ3) is 22.2. The number of hydrogen-bond acceptors (Lipinski definition) is 11. The number of amides is 4. The minimum Gasteiger partial charge on any atom is -0.480 e. The van der Waals surface area contributed by atoms with Gasteiger partial charge in [-0.2, -0.15) is 12.6 Å². The van der Waals surface area contributed by atoms with Crippen LogP contribution in [-0.2, 0) is 24.0 Å². The van der Waals surface area contributed by atoms with Gasteiger partial charge in [0.05, 0.1) is 6.04 Å². The molecule has 0 rings (SSSR count). The van der Waals surface area contributed by atoms with Gasteiger partial charge < -0.3 is 78.0 Å². The molecule has 0 saturated carbocycles. The molecule has 23 nitrogen and oxygen atoms in total. The predicted molar refractivity (Wildman–Crippen MR) is 197 cm³/mol. The molecule has 0 aliphatic rings. The largest absolute Gasteiger partial charge is 0.480 e. The second-order valence-corrected chi connectivity index (χ2v) is 11.5. The topological polar surface area (TPSA) is 437 Å². The van der Waals surface area contributed by atoms with E-state index in [0.717, 1.165) is 0 Å². The molecule has 24 heteroatoms. The van der Waals surface area contributed by atoms with Gasteiger partial charge in [0.25, 0.3) is 0 Å². The van der Waals surface area contributed by atoms with Gasteiger partial charge in [0, 0.05) is 31.9 Å². The van der Waals surface area contributed by atoms with Crippen LogP contribution in [-0.4, -0.2) is 121 Å². The third-order valence-electron chi connectivity index (χ3n) is 6.83. The molecule has 0 saturated heterocycles. The molecule has 51 heavy (non-hydrogen) atoms. The first-order valence-electron chi connectivity index (χ1n) is 16.0. The van der Waals surface area contributed by atoms with Gasteiger partial charge in [-0.15, -0.1) is 0 Å². The molecule has 0 aromatic heterocycles. The molecular weight excluding hydrogens is 690 g/mol. The number of nitrogens with two attached hydrogens (primary N) is 9. The first-order valence-corrected chi connectivity index (χ1v) is 16.6. The van der Waals surface area contributed by atoms with Crippen LogP contribution in [0.3, 0.4) is 0 Å². The average Bonchev–Trinajstić information content (AvgIpc) is 3.05. The lowest BCUT2D eigenvalue weighted by atomic mass is 10.0. The Kier molecular flexibility index (Phi) is 23.0. The number of hydrogen-bond donors (Lipinski definition) is 15. The van der Waals surface area contributed by atoms with Crippen molar-refractivity contribution < 1.29 is 29.1 Å². The van der Waals surface area contributed by atoms with Gasteiger partial charge in [-0.3, -0.25) is 39.1 Å². The number of thiol groups is 1. The van der Waals surface area contributed by atoms with Crippen molar-refractivity contribution in [3.8, 4) is 0 Å². The highest BCUT2D eigenvalue weighted by molar-refractivity contribution is 7.80. The van der Waals surface area contributed by atoms with E-state index in [4.69, 9.17) is 51.6 Å². The summed E-state index contributed by atoms with van der Waals surface area (Å²) in [6.45, 7) is 0.459. The van der Waals surface area contributed by atoms with Gasteiger partial charge in [0.2, 0.25) is 23.6 Å². The molecule has 290 valence electrons. The van der Waals surface area contributed by atoms with Crippen LogP contribution >= 0.6 is 12.6 Å². The van der Waals surface area contributed by atoms with E-state index >= 15 is 0 Å². The highest BCUT2D eigenvalue weighted by Gasteiger charge is 2.31. The molecule has 0 aliphatic carbocycles. The van der Waals surface area contributed by atoms with Crippen molar-refractivity contribution in [2.75, 3.05) is 31.9 Å². The number of aliphatic carboxylic acids is 1. The second kappa shape index (κ2) is 25.7. The minimum absolute atomic E-state index is 0.00433. The van der Waals surface area contributed by atoms with Gasteiger partial charge in [-0.05, 0) is 51.4 Å². The SMILES string of the molecule is NC(N)=NCCC[C@H](NC(=O)[C@H](CCCN=C(N)N)NC(=O)[C@H](CCCN=C(N)N)NC(=O)[C@H](CCCN=C(N)N)NC(=O)[C@@H](N)CS)C(=O)O. The second-order valence-electron chi connectivity index (χ2n) is 11.2. The number of rotatable bonds is 26. The van der Waals surface area contributed by atoms with Crippen LogP contribution in [0.15, 0.2) is 20.0 Å². The lowest BCUT2D eigenvalue weighted by molar-refractivity contribution is -0.142. The summed E-state index contributed by atoms with van der Waals surface area (Å²) >= 11 is 4.02. The van der Waals surface area contributed by atoms with Crippen LogP contribution in [0.2, 0.25) is 0 Å². The summed E-state index contributed by atoms with van der Waals surface area (Å²) in [5, 5.41) is 19.9. The summed E-state index contributed by atoms with van der Waals surface area (Å²) in [6, 6.07) is -6.10. The zero-order chi connectivity index (χ0) is 38.9. The van der Waals surface area contributed by atoms with Crippen molar-refractivity contribution in [2.24, 2.45) is 71.6 Å². The monoisotopic (exact) mass is 745 g/mol. The Morgan fingerprint density at radius 3 is 1.00 bits per heavy atom. The minimum atomic E-state index is -1.34. The zero-order valence-corrected chi connectivity index (χ0v) is 29.4. The molecule has 0 spiro atoms. The summed E-state index contributed by atoms with van der Waals surface area (Å²) in [4.78, 5) is 80.6. The molecule has 23 N–H and O–H groups in total. The number of carboxylic acid groups (broad SMARTS) is 1. The first kappa shape index (κ1) is 45.7. The van der Waals surface area contributed by atoms with Crippen molar-refractivity contribution in [3.63, 3.8) is 0 Å². The van der Waals surface area contributed by atoms with E-state index in [-0.39, 0.29) is 107 Å². The van der Waals surface area contributed by atoms with E-state index in [2.05, 4.69) is 53.9 Å². The lowest BCUT2D eigenvalue weighted by Gasteiger charge is -2.26. The summed E-state index contributed by atoms with van der Waals surface area (Å²) in [7, 11) is 0. The standard InChI is InChI=1S/C27H55N17O6S/c28-14(13-51)19(45)41-15(5-1-9-37-24(29)30)20(46)42-16(6-2-10-38-25(31)32)21(47)43-17(7-3-11-39-26(33)34)22(48)44-18(23(49)50)8-4-12-40-27(35)36/h14-18,51H,1-13,28H2,(H,41,45)(H,42,46)(H,43,47)(H,44,48)(H,49,50)(H4,29,30,37)(H4,31,32,38)(H4,33,34,39)(H4,35,36,40)/t14-,15-,16-,17-,18-/m0/s1. The summed E-state index contributed by atoms with van der Waals surface area (Å²) in [5.74, 6) is -5.07.